The van der Waals surface area contributed by atoms with Gasteiger partial charge in [-0.1, -0.05) is 54.6 Å². The quantitative estimate of drug-likeness (QED) is 0.685. The van der Waals surface area contributed by atoms with Crippen LogP contribution in [0.3, 0.4) is 0 Å². The first-order valence-corrected chi connectivity index (χ1v) is 8.77. The van der Waals surface area contributed by atoms with Gasteiger partial charge in [-0.3, -0.25) is 0 Å². The molecule has 1 unspecified atom stereocenters. The van der Waals surface area contributed by atoms with Gasteiger partial charge in [0.1, 0.15) is 5.82 Å². The molecule has 4 nitrogen and oxygen atoms in total. The van der Waals surface area contributed by atoms with Crippen LogP contribution in [-0.2, 0) is 11.2 Å². The van der Waals surface area contributed by atoms with Crippen molar-refractivity contribution in [2.45, 2.75) is 19.4 Å². The molecule has 1 N–H and O–H groups in total. The second kappa shape index (κ2) is 8.04. The molecule has 1 heterocycles. The molecule has 0 saturated heterocycles. The van der Waals surface area contributed by atoms with E-state index in [1.54, 1.807) is 7.11 Å². The standard InChI is InChI=1S/C19H21N3OS/c1-14(20-19-21-18(22-24-19)12-13-23-2)15-8-10-17(11-9-15)16-6-4-3-5-7-16/h3-11,14H,12-13H2,1-2H3,(H,20,21,22). The number of aromatic nitrogens is 2. The highest BCUT2D eigenvalue weighted by molar-refractivity contribution is 7.09. The first-order chi connectivity index (χ1) is 11.8. The van der Waals surface area contributed by atoms with Crippen molar-refractivity contribution >= 4 is 16.7 Å². The Bertz CT molecular complexity index is 756. The number of methoxy groups -OCH3 is 1. The van der Waals surface area contributed by atoms with Gasteiger partial charge < -0.3 is 10.1 Å². The summed E-state index contributed by atoms with van der Waals surface area (Å²) in [5.74, 6) is 0.830. The van der Waals surface area contributed by atoms with Crippen LogP contribution in [0, 0.1) is 0 Å². The van der Waals surface area contributed by atoms with Gasteiger partial charge in [0.25, 0.3) is 0 Å². The van der Waals surface area contributed by atoms with E-state index in [4.69, 9.17) is 4.74 Å². The summed E-state index contributed by atoms with van der Waals surface area (Å²) in [4.78, 5) is 4.49. The zero-order valence-electron chi connectivity index (χ0n) is 13.9. The fraction of sp³-hybridized carbons (Fsp3) is 0.263. The van der Waals surface area contributed by atoms with Gasteiger partial charge in [-0.2, -0.15) is 4.37 Å². The Hall–Kier alpha value is -2.24. The lowest BCUT2D eigenvalue weighted by Gasteiger charge is -2.13. The summed E-state index contributed by atoms with van der Waals surface area (Å²) < 4.78 is 9.40. The lowest BCUT2D eigenvalue weighted by molar-refractivity contribution is 0.201. The highest BCUT2D eigenvalue weighted by atomic mass is 32.1. The predicted octanol–water partition coefficient (Wildman–Crippen LogP) is 4.57. The molecule has 24 heavy (non-hydrogen) atoms. The van der Waals surface area contributed by atoms with E-state index in [2.05, 4.69) is 70.1 Å². The van der Waals surface area contributed by atoms with Crippen molar-refractivity contribution in [3.05, 3.63) is 66.0 Å². The number of hydrogen-bond acceptors (Lipinski definition) is 5. The molecule has 5 heteroatoms. The maximum absolute atomic E-state index is 5.06. The van der Waals surface area contributed by atoms with E-state index in [0.717, 1.165) is 17.4 Å². The van der Waals surface area contributed by atoms with Crippen molar-refractivity contribution in [2.75, 3.05) is 19.0 Å². The number of anilines is 1. The average Bonchev–Trinajstić information content (AvgIpc) is 3.08. The number of benzene rings is 2. The van der Waals surface area contributed by atoms with Crippen LogP contribution in [0.4, 0.5) is 5.13 Å². The topological polar surface area (TPSA) is 47.0 Å². The van der Waals surface area contributed by atoms with E-state index in [0.29, 0.717) is 6.61 Å². The summed E-state index contributed by atoms with van der Waals surface area (Å²) >= 11 is 1.40. The summed E-state index contributed by atoms with van der Waals surface area (Å²) in [6.45, 7) is 2.78. The number of ether oxygens (including phenoxy) is 1. The molecule has 0 aliphatic rings. The fourth-order valence-electron chi connectivity index (χ4n) is 2.47. The van der Waals surface area contributed by atoms with Gasteiger partial charge in [0.15, 0.2) is 0 Å². The lowest BCUT2D eigenvalue weighted by Crippen LogP contribution is -2.06. The van der Waals surface area contributed by atoms with Crippen molar-refractivity contribution in [3.8, 4) is 11.1 Å². The molecule has 0 bridgehead atoms. The summed E-state index contributed by atoms with van der Waals surface area (Å²) in [5, 5.41) is 4.27. The molecule has 3 aromatic rings. The molecule has 3 rings (SSSR count). The summed E-state index contributed by atoms with van der Waals surface area (Å²) in [6, 6.07) is 19.2. The third-order valence-electron chi connectivity index (χ3n) is 3.86. The number of nitrogens with one attached hydrogen (secondary N) is 1. The molecule has 0 radical (unpaired) electrons. The number of hydrogen-bond donors (Lipinski definition) is 1. The summed E-state index contributed by atoms with van der Waals surface area (Å²) in [7, 11) is 1.69. The van der Waals surface area contributed by atoms with Crippen molar-refractivity contribution in [3.63, 3.8) is 0 Å². The average molecular weight is 339 g/mol. The van der Waals surface area contributed by atoms with Gasteiger partial charge in [0.05, 0.1) is 12.6 Å². The Labute approximate surface area is 146 Å². The van der Waals surface area contributed by atoms with E-state index < -0.39 is 0 Å². The van der Waals surface area contributed by atoms with Crippen molar-refractivity contribution in [2.24, 2.45) is 0 Å². The maximum Gasteiger partial charge on any atom is 0.203 e. The molecule has 0 spiro atoms. The van der Waals surface area contributed by atoms with Crippen LogP contribution in [0.5, 0.6) is 0 Å². The largest absolute Gasteiger partial charge is 0.384 e. The molecule has 124 valence electrons. The van der Waals surface area contributed by atoms with E-state index in [1.165, 1.54) is 28.2 Å². The van der Waals surface area contributed by atoms with Crippen LogP contribution in [0.15, 0.2) is 54.6 Å². The minimum atomic E-state index is 0.179. The highest BCUT2D eigenvalue weighted by Crippen LogP contribution is 2.24. The molecule has 0 saturated carbocycles. The summed E-state index contributed by atoms with van der Waals surface area (Å²) in [6.07, 6.45) is 0.745. The van der Waals surface area contributed by atoms with Gasteiger partial charge >= 0.3 is 0 Å². The smallest absolute Gasteiger partial charge is 0.203 e. The maximum atomic E-state index is 5.06. The normalized spacial score (nSPS) is 12.1. The van der Waals surface area contributed by atoms with Crippen LogP contribution in [-0.4, -0.2) is 23.1 Å². The molecular formula is C19H21N3OS. The highest BCUT2D eigenvalue weighted by Gasteiger charge is 2.09. The van der Waals surface area contributed by atoms with Crippen molar-refractivity contribution in [1.29, 1.82) is 0 Å². The van der Waals surface area contributed by atoms with E-state index in [-0.39, 0.29) is 6.04 Å². The van der Waals surface area contributed by atoms with Gasteiger partial charge in [0.2, 0.25) is 5.13 Å². The van der Waals surface area contributed by atoms with Gasteiger partial charge in [-0.15, -0.1) is 0 Å². The Morgan fingerprint density at radius 1 is 1.04 bits per heavy atom. The molecular weight excluding hydrogens is 318 g/mol. The van der Waals surface area contributed by atoms with Crippen molar-refractivity contribution in [1.82, 2.24) is 9.36 Å². The molecule has 0 fully saturated rings. The third kappa shape index (κ3) is 4.19. The molecule has 1 aromatic heterocycles. The Morgan fingerprint density at radius 2 is 1.75 bits per heavy atom. The zero-order valence-corrected chi connectivity index (χ0v) is 14.7. The van der Waals surface area contributed by atoms with E-state index in [1.807, 2.05) is 6.07 Å². The lowest BCUT2D eigenvalue weighted by atomic mass is 10.0. The Balaban J connectivity index is 1.64. The SMILES string of the molecule is COCCc1nsc(NC(C)c2ccc(-c3ccccc3)cc2)n1. The number of rotatable bonds is 7. The number of nitrogens with zero attached hydrogens (tertiary/aromatic N) is 2. The first-order valence-electron chi connectivity index (χ1n) is 7.99. The second-order valence-electron chi connectivity index (χ2n) is 5.61. The molecule has 2 aromatic carbocycles. The summed E-state index contributed by atoms with van der Waals surface area (Å²) in [5.41, 5.74) is 3.68. The zero-order chi connectivity index (χ0) is 16.8. The Morgan fingerprint density at radius 3 is 2.46 bits per heavy atom. The van der Waals surface area contributed by atoms with Gasteiger partial charge in [-0.05, 0) is 23.6 Å². The van der Waals surface area contributed by atoms with Crippen molar-refractivity contribution < 1.29 is 4.74 Å². The van der Waals surface area contributed by atoms with Gasteiger partial charge in [0, 0.05) is 25.1 Å². The third-order valence-corrected chi connectivity index (χ3v) is 4.54. The van der Waals surface area contributed by atoms with Crippen LogP contribution < -0.4 is 5.32 Å². The van der Waals surface area contributed by atoms with E-state index in [9.17, 15) is 0 Å². The second-order valence-corrected chi connectivity index (χ2v) is 6.36. The molecule has 1 atom stereocenters. The monoisotopic (exact) mass is 339 g/mol. The molecule has 0 aliphatic carbocycles. The van der Waals surface area contributed by atoms with Crippen LogP contribution in [0.2, 0.25) is 0 Å². The first kappa shape index (κ1) is 16.6. The van der Waals surface area contributed by atoms with Crippen LogP contribution in [0.25, 0.3) is 11.1 Å². The molecule has 0 aliphatic heterocycles. The van der Waals surface area contributed by atoms with Crippen LogP contribution >= 0.6 is 11.5 Å². The minimum Gasteiger partial charge on any atom is -0.384 e. The predicted molar refractivity (Wildman–Crippen MR) is 99.4 cm³/mol. The van der Waals surface area contributed by atoms with Crippen LogP contribution in [0.1, 0.15) is 24.4 Å². The Kier molecular flexibility index (Phi) is 5.56. The van der Waals surface area contributed by atoms with E-state index >= 15 is 0 Å². The fourth-order valence-corrected chi connectivity index (χ4v) is 3.17. The minimum absolute atomic E-state index is 0.179. The van der Waals surface area contributed by atoms with Gasteiger partial charge in [-0.25, -0.2) is 4.98 Å². The molecule has 0 amide bonds.